The largest absolute Gasteiger partial charge is 0.496 e. The third kappa shape index (κ3) is 1.67. The van der Waals surface area contributed by atoms with Crippen LogP contribution in [0.25, 0.3) is 11.1 Å². The SMILES string of the molecule is COc1cccc2c1-c1c3c(cc4c1C(C2)N(C=O)CC4)OCO3. The molecule has 2 heterocycles. The molecule has 24 heavy (non-hydrogen) atoms. The number of amides is 1. The van der Waals surface area contributed by atoms with Gasteiger partial charge in [0.1, 0.15) is 5.75 Å². The fourth-order valence-corrected chi connectivity index (χ4v) is 4.27. The number of fused-ring (bicyclic) bond motifs is 4. The molecule has 0 spiro atoms. The highest BCUT2D eigenvalue weighted by atomic mass is 16.7. The summed E-state index contributed by atoms with van der Waals surface area (Å²) < 4.78 is 17.1. The number of nitrogens with zero attached hydrogens (tertiary/aromatic N) is 1. The Morgan fingerprint density at radius 3 is 3.00 bits per heavy atom. The van der Waals surface area contributed by atoms with Gasteiger partial charge in [0.05, 0.1) is 13.2 Å². The van der Waals surface area contributed by atoms with E-state index in [-0.39, 0.29) is 12.8 Å². The smallest absolute Gasteiger partial charge is 0.231 e. The Kier molecular flexibility index (Phi) is 2.80. The summed E-state index contributed by atoms with van der Waals surface area (Å²) in [6.07, 6.45) is 2.59. The number of carbonyl (C=O) groups excluding carboxylic acids is 1. The molecular weight excluding hydrogens is 306 g/mol. The lowest BCUT2D eigenvalue weighted by Gasteiger charge is -2.40. The lowest BCUT2D eigenvalue weighted by atomic mass is 9.76. The highest BCUT2D eigenvalue weighted by Gasteiger charge is 2.39. The van der Waals surface area contributed by atoms with E-state index >= 15 is 0 Å². The summed E-state index contributed by atoms with van der Waals surface area (Å²) in [6.45, 7) is 0.970. The number of carbonyl (C=O) groups is 1. The molecule has 1 aliphatic carbocycles. The van der Waals surface area contributed by atoms with Crippen LogP contribution < -0.4 is 14.2 Å². The van der Waals surface area contributed by atoms with Gasteiger partial charge in [-0.05, 0) is 41.7 Å². The van der Waals surface area contributed by atoms with Crippen LogP contribution in [0.15, 0.2) is 24.3 Å². The maximum absolute atomic E-state index is 11.6. The predicted molar refractivity (Wildman–Crippen MR) is 87.5 cm³/mol. The van der Waals surface area contributed by atoms with E-state index in [2.05, 4.69) is 12.1 Å². The van der Waals surface area contributed by atoms with Crippen molar-refractivity contribution in [2.24, 2.45) is 0 Å². The fraction of sp³-hybridized carbons (Fsp3) is 0.316. The van der Waals surface area contributed by atoms with Gasteiger partial charge in [-0.15, -0.1) is 0 Å². The van der Waals surface area contributed by atoms with Crippen molar-refractivity contribution in [3.8, 4) is 28.4 Å². The Hall–Kier alpha value is -2.69. The van der Waals surface area contributed by atoms with Crippen LogP contribution in [0.2, 0.25) is 0 Å². The molecule has 0 aromatic heterocycles. The first-order chi connectivity index (χ1) is 11.8. The highest BCUT2D eigenvalue weighted by Crippen LogP contribution is 2.55. The minimum Gasteiger partial charge on any atom is -0.496 e. The molecule has 1 unspecified atom stereocenters. The van der Waals surface area contributed by atoms with Crippen molar-refractivity contribution in [1.29, 1.82) is 0 Å². The van der Waals surface area contributed by atoms with Gasteiger partial charge in [0.15, 0.2) is 11.5 Å². The summed E-state index contributed by atoms with van der Waals surface area (Å²) in [7, 11) is 1.69. The van der Waals surface area contributed by atoms with Gasteiger partial charge in [-0.25, -0.2) is 0 Å². The summed E-state index contributed by atoms with van der Waals surface area (Å²) >= 11 is 0. The fourth-order valence-electron chi connectivity index (χ4n) is 4.27. The van der Waals surface area contributed by atoms with Crippen molar-refractivity contribution in [1.82, 2.24) is 4.90 Å². The van der Waals surface area contributed by atoms with Crippen molar-refractivity contribution >= 4 is 6.41 Å². The van der Waals surface area contributed by atoms with Crippen LogP contribution in [-0.2, 0) is 17.6 Å². The number of methoxy groups -OCH3 is 1. The summed E-state index contributed by atoms with van der Waals surface area (Å²) in [5, 5.41) is 0. The van der Waals surface area contributed by atoms with Crippen LogP contribution in [0.5, 0.6) is 17.2 Å². The molecule has 0 bridgehead atoms. The summed E-state index contributed by atoms with van der Waals surface area (Å²) in [5.41, 5.74) is 5.72. The molecule has 5 heteroatoms. The normalized spacial score (nSPS) is 19.5. The van der Waals surface area contributed by atoms with Crippen LogP contribution in [0.1, 0.15) is 22.7 Å². The van der Waals surface area contributed by atoms with Crippen LogP contribution >= 0.6 is 0 Å². The molecule has 0 fully saturated rings. The second kappa shape index (κ2) is 4.90. The molecule has 5 nitrogen and oxygen atoms in total. The molecule has 0 saturated heterocycles. The quantitative estimate of drug-likeness (QED) is 0.797. The van der Waals surface area contributed by atoms with E-state index in [4.69, 9.17) is 14.2 Å². The van der Waals surface area contributed by atoms with E-state index in [9.17, 15) is 4.79 Å². The zero-order valence-corrected chi connectivity index (χ0v) is 13.4. The molecule has 0 saturated carbocycles. The van der Waals surface area contributed by atoms with Gasteiger partial charge in [0, 0.05) is 17.7 Å². The standard InChI is InChI=1S/C19H17NO4/c1-22-14-4-2-3-11-7-13-16-12(5-6-20(13)9-21)8-15-19(24-10-23-15)18(16)17(11)14/h2-4,8-9,13H,5-7,10H2,1H3. The lowest BCUT2D eigenvalue weighted by molar-refractivity contribution is -0.120. The van der Waals surface area contributed by atoms with E-state index in [1.54, 1.807) is 7.11 Å². The number of ether oxygens (including phenoxy) is 3. The third-order valence-corrected chi connectivity index (χ3v) is 5.29. The topological polar surface area (TPSA) is 48.0 Å². The van der Waals surface area contributed by atoms with Crippen LogP contribution in [-0.4, -0.2) is 31.8 Å². The third-order valence-electron chi connectivity index (χ3n) is 5.29. The highest BCUT2D eigenvalue weighted by molar-refractivity contribution is 5.87. The van der Waals surface area contributed by atoms with E-state index in [0.717, 1.165) is 54.2 Å². The summed E-state index contributed by atoms with van der Waals surface area (Å²) in [4.78, 5) is 13.5. The number of hydrogen-bond donors (Lipinski definition) is 0. The van der Waals surface area contributed by atoms with E-state index < -0.39 is 0 Å². The molecule has 0 N–H and O–H groups in total. The first-order valence-corrected chi connectivity index (χ1v) is 8.14. The molecule has 0 radical (unpaired) electrons. The molecule has 122 valence electrons. The average molecular weight is 323 g/mol. The predicted octanol–water partition coefficient (Wildman–Crippen LogP) is 2.70. The van der Waals surface area contributed by atoms with Crippen LogP contribution in [0, 0.1) is 0 Å². The number of benzene rings is 2. The van der Waals surface area contributed by atoms with E-state index in [1.807, 2.05) is 17.0 Å². The molecule has 3 aliphatic rings. The van der Waals surface area contributed by atoms with Crippen molar-refractivity contribution < 1.29 is 19.0 Å². The number of rotatable bonds is 2. The van der Waals surface area contributed by atoms with Crippen molar-refractivity contribution in [2.75, 3.05) is 20.4 Å². The van der Waals surface area contributed by atoms with Crippen molar-refractivity contribution in [2.45, 2.75) is 18.9 Å². The minimum absolute atomic E-state index is 0.0513. The summed E-state index contributed by atoms with van der Waals surface area (Å²) in [6, 6.07) is 8.21. The second-order valence-electron chi connectivity index (χ2n) is 6.37. The maximum Gasteiger partial charge on any atom is 0.231 e. The Bertz CT molecular complexity index is 861. The molecule has 2 aromatic carbocycles. The van der Waals surface area contributed by atoms with Gasteiger partial charge in [0.25, 0.3) is 0 Å². The van der Waals surface area contributed by atoms with Gasteiger partial charge in [0.2, 0.25) is 13.2 Å². The average Bonchev–Trinajstić information content (AvgIpc) is 3.09. The first kappa shape index (κ1) is 13.7. The second-order valence-corrected chi connectivity index (χ2v) is 6.37. The molecule has 1 amide bonds. The van der Waals surface area contributed by atoms with Gasteiger partial charge >= 0.3 is 0 Å². The Labute approximate surface area is 139 Å². The lowest BCUT2D eigenvalue weighted by Crippen LogP contribution is -2.37. The van der Waals surface area contributed by atoms with E-state index in [0.29, 0.717) is 0 Å². The number of hydrogen-bond acceptors (Lipinski definition) is 4. The Balaban J connectivity index is 1.87. The molecule has 5 rings (SSSR count). The van der Waals surface area contributed by atoms with Gasteiger partial charge in [-0.2, -0.15) is 0 Å². The Morgan fingerprint density at radius 1 is 1.25 bits per heavy atom. The molecular formula is C19H17NO4. The van der Waals surface area contributed by atoms with Crippen LogP contribution in [0.4, 0.5) is 0 Å². The summed E-state index contributed by atoms with van der Waals surface area (Å²) in [5.74, 6) is 2.40. The molecule has 2 aliphatic heterocycles. The maximum atomic E-state index is 11.6. The van der Waals surface area contributed by atoms with Gasteiger partial charge in [-0.3, -0.25) is 4.79 Å². The molecule has 2 aromatic rings. The first-order valence-electron chi connectivity index (χ1n) is 8.14. The van der Waals surface area contributed by atoms with Crippen molar-refractivity contribution in [3.63, 3.8) is 0 Å². The van der Waals surface area contributed by atoms with E-state index in [1.165, 1.54) is 16.7 Å². The van der Waals surface area contributed by atoms with Crippen molar-refractivity contribution in [3.05, 3.63) is 41.0 Å². The van der Waals surface area contributed by atoms with Crippen LogP contribution in [0.3, 0.4) is 0 Å². The zero-order chi connectivity index (χ0) is 16.3. The minimum atomic E-state index is 0.0513. The Morgan fingerprint density at radius 2 is 2.17 bits per heavy atom. The molecule has 1 atom stereocenters. The van der Waals surface area contributed by atoms with Gasteiger partial charge < -0.3 is 19.1 Å². The monoisotopic (exact) mass is 323 g/mol. The van der Waals surface area contributed by atoms with Gasteiger partial charge in [-0.1, -0.05) is 12.1 Å². The zero-order valence-electron chi connectivity index (χ0n) is 13.4.